The molecule has 8 heteroatoms. The second-order valence-corrected chi connectivity index (χ2v) is 7.26. The van der Waals surface area contributed by atoms with Crippen LogP contribution in [0, 0.1) is 12.3 Å². The number of hydrogen-bond acceptors (Lipinski definition) is 6. The first kappa shape index (κ1) is 17.3. The summed E-state index contributed by atoms with van der Waals surface area (Å²) in [5.41, 5.74) is 0.313. The summed E-state index contributed by atoms with van der Waals surface area (Å²) in [5.74, 6) is 3.10. The van der Waals surface area contributed by atoms with E-state index >= 15 is 0 Å². The first-order valence-corrected chi connectivity index (χ1v) is 9.44. The summed E-state index contributed by atoms with van der Waals surface area (Å²) < 4.78 is 18.6. The Morgan fingerprint density at radius 2 is 2.00 bits per heavy atom. The van der Waals surface area contributed by atoms with E-state index in [0.29, 0.717) is 27.3 Å². The number of nitrogens with zero attached hydrogens (tertiary/aromatic N) is 2. The molecule has 0 radical (unpaired) electrons. The van der Waals surface area contributed by atoms with Gasteiger partial charge in [0.2, 0.25) is 6.79 Å². The maximum Gasteiger partial charge on any atom is 0.349 e. The van der Waals surface area contributed by atoms with Crippen LogP contribution in [0.4, 0.5) is 0 Å². The second kappa shape index (κ2) is 6.65. The number of fused-ring (bicyclic) bond motifs is 3. The molecule has 0 spiro atoms. The predicted molar refractivity (Wildman–Crippen MR) is 107 cm³/mol. The summed E-state index contributed by atoms with van der Waals surface area (Å²) >= 11 is 1.27. The summed E-state index contributed by atoms with van der Waals surface area (Å²) in [4.78, 5) is 29.6. The molecule has 0 bridgehead atoms. The third-order valence-electron chi connectivity index (χ3n) is 4.50. The van der Waals surface area contributed by atoms with Crippen molar-refractivity contribution >= 4 is 38.4 Å². The molecule has 142 valence electrons. The topological polar surface area (TPSA) is 83.0 Å². The van der Waals surface area contributed by atoms with Gasteiger partial charge in [-0.05, 0) is 12.1 Å². The molecule has 5 rings (SSSR count). The zero-order valence-corrected chi connectivity index (χ0v) is 15.7. The van der Waals surface area contributed by atoms with Gasteiger partial charge in [0.25, 0.3) is 5.91 Å². The summed E-state index contributed by atoms with van der Waals surface area (Å²) in [6.45, 7) is 0.368. The number of terminal acetylenes is 1. The minimum atomic E-state index is -0.733. The number of hydrogen-bond donors (Lipinski definition) is 0. The van der Waals surface area contributed by atoms with Gasteiger partial charge in [0.15, 0.2) is 16.3 Å². The maximum atomic E-state index is 12.8. The molecule has 0 unspecified atom stereocenters. The molecule has 2 aromatic heterocycles. The first-order chi connectivity index (χ1) is 14.1. The lowest BCUT2D eigenvalue weighted by atomic mass is 10.2. The molecule has 1 aliphatic rings. The van der Waals surface area contributed by atoms with Crippen LogP contribution in [0.1, 0.15) is 10.4 Å². The van der Waals surface area contributed by atoms with Crippen LogP contribution in [0.3, 0.4) is 0 Å². The number of para-hydroxylation sites is 1. The quantitative estimate of drug-likeness (QED) is 0.379. The van der Waals surface area contributed by atoms with Gasteiger partial charge in [0.05, 0.1) is 16.8 Å². The van der Waals surface area contributed by atoms with Gasteiger partial charge in [-0.15, -0.1) is 6.42 Å². The zero-order valence-electron chi connectivity index (χ0n) is 14.9. The van der Waals surface area contributed by atoms with Gasteiger partial charge < -0.3 is 18.5 Å². The van der Waals surface area contributed by atoms with Crippen molar-refractivity contribution in [2.75, 3.05) is 6.79 Å². The molecule has 0 atom stereocenters. The van der Waals surface area contributed by atoms with Gasteiger partial charge >= 0.3 is 5.63 Å². The fourth-order valence-corrected chi connectivity index (χ4v) is 4.19. The Balaban J connectivity index is 1.68. The molecular weight excluding hydrogens is 392 g/mol. The normalized spacial score (nSPS) is 13.1. The fourth-order valence-electron chi connectivity index (χ4n) is 3.15. The van der Waals surface area contributed by atoms with Gasteiger partial charge in [-0.3, -0.25) is 4.79 Å². The van der Waals surface area contributed by atoms with E-state index in [1.165, 1.54) is 17.4 Å². The number of amides is 1. The molecule has 2 aromatic carbocycles. The number of aromatic nitrogens is 1. The number of benzene rings is 2. The third-order valence-corrected chi connectivity index (χ3v) is 5.54. The van der Waals surface area contributed by atoms with E-state index in [9.17, 15) is 9.59 Å². The molecule has 3 heterocycles. The Kier molecular flexibility index (Phi) is 3.96. The molecule has 0 fully saturated rings. The number of ether oxygens (including phenoxy) is 2. The molecule has 0 N–H and O–H groups in total. The van der Waals surface area contributed by atoms with Gasteiger partial charge in [0, 0.05) is 17.5 Å². The van der Waals surface area contributed by atoms with E-state index in [1.807, 2.05) is 6.07 Å². The molecular formula is C21H12N2O5S. The van der Waals surface area contributed by atoms with E-state index in [0.717, 1.165) is 10.2 Å². The van der Waals surface area contributed by atoms with Crippen molar-refractivity contribution in [2.24, 2.45) is 4.99 Å². The van der Waals surface area contributed by atoms with Crippen LogP contribution in [0.5, 0.6) is 11.5 Å². The summed E-state index contributed by atoms with van der Waals surface area (Å²) in [6.07, 6.45) is 5.51. The SMILES string of the molecule is C#CCn1c(=NC(=O)c2cc3ccccc3oc2=O)sc2cc3c(cc21)OCO3. The minimum Gasteiger partial charge on any atom is -0.454 e. The zero-order chi connectivity index (χ0) is 20.0. The lowest BCUT2D eigenvalue weighted by molar-refractivity contribution is 0.0994. The highest BCUT2D eigenvalue weighted by atomic mass is 32.1. The standard InChI is InChI=1S/C21H12N2O5S/c1-2-7-23-14-9-16-17(27-11-26-16)10-18(14)29-21(23)22-19(24)13-8-12-5-3-4-6-15(12)28-20(13)25/h1,3-6,8-10H,7,11H2. The average Bonchev–Trinajstić information content (AvgIpc) is 3.30. The Morgan fingerprint density at radius 1 is 1.21 bits per heavy atom. The van der Waals surface area contributed by atoms with Gasteiger partial charge in [-0.25, -0.2) is 4.79 Å². The van der Waals surface area contributed by atoms with Gasteiger partial charge in [-0.2, -0.15) is 4.99 Å². The lowest BCUT2D eigenvalue weighted by Crippen LogP contribution is -2.19. The van der Waals surface area contributed by atoms with E-state index in [-0.39, 0.29) is 18.9 Å². The summed E-state index contributed by atoms with van der Waals surface area (Å²) in [7, 11) is 0. The second-order valence-electron chi connectivity index (χ2n) is 6.25. The van der Waals surface area contributed by atoms with Crippen molar-refractivity contribution in [3.05, 3.63) is 63.2 Å². The van der Waals surface area contributed by atoms with Crippen molar-refractivity contribution in [1.82, 2.24) is 4.57 Å². The van der Waals surface area contributed by atoms with Crippen molar-refractivity contribution in [1.29, 1.82) is 0 Å². The van der Waals surface area contributed by atoms with Crippen LogP contribution in [0.25, 0.3) is 21.2 Å². The van der Waals surface area contributed by atoms with Crippen molar-refractivity contribution in [3.8, 4) is 23.8 Å². The smallest absolute Gasteiger partial charge is 0.349 e. The molecule has 0 saturated heterocycles. The van der Waals surface area contributed by atoms with Crippen LogP contribution in [-0.2, 0) is 6.54 Å². The Morgan fingerprint density at radius 3 is 2.83 bits per heavy atom. The first-order valence-electron chi connectivity index (χ1n) is 8.62. The van der Waals surface area contributed by atoms with Gasteiger partial charge in [0.1, 0.15) is 11.1 Å². The molecule has 4 aromatic rings. The molecule has 0 saturated carbocycles. The highest BCUT2D eigenvalue weighted by Crippen LogP contribution is 2.36. The number of carbonyl (C=O) groups is 1. The molecule has 7 nitrogen and oxygen atoms in total. The van der Waals surface area contributed by atoms with Crippen molar-refractivity contribution in [2.45, 2.75) is 6.54 Å². The minimum absolute atomic E-state index is 0.137. The van der Waals surface area contributed by atoms with Crippen LogP contribution < -0.4 is 19.9 Å². The third kappa shape index (κ3) is 2.88. The van der Waals surface area contributed by atoms with E-state index < -0.39 is 11.5 Å². The highest BCUT2D eigenvalue weighted by Gasteiger charge is 2.19. The largest absolute Gasteiger partial charge is 0.454 e. The monoisotopic (exact) mass is 404 g/mol. The average molecular weight is 404 g/mol. The summed E-state index contributed by atoms with van der Waals surface area (Å²) in [5, 5.41) is 0.643. The number of rotatable bonds is 2. The van der Waals surface area contributed by atoms with Gasteiger partial charge in [-0.1, -0.05) is 35.5 Å². The fraction of sp³-hybridized carbons (Fsp3) is 0.0952. The number of thiazole rings is 1. The van der Waals surface area contributed by atoms with E-state index in [1.54, 1.807) is 34.9 Å². The Hall–Kier alpha value is -3.83. The van der Waals surface area contributed by atoms with Crippen molar-refractivity contribution in [3.63, 3.8) is 0 Å². The predicted octanol–water partition coefficient (Wildman–Crippen LogP) is 2.91. The van der Waals surface area contributed by atoms with Crippen LogP contribution >= 0.6 is 11.3 Å². The highest BCUT2D eigenvalue weighted by molar-refractivity contribution is 7.16. The van der Waals surface area contributed by atoms with Crippen LogP contribution in [-0.4, -0.2) is 17.3 Å². The molecule has 1 amide bonds. The molecule has 1 aliphatic heterocycles. The molecule has 0 aliphatic carbocycles. The van der Waals surface area contributed by atoms with Crippen LogP contribution in [0.15, 0.2) is 56.7 Å². The molecule has 29 heavy (non-hydrogen) atoms. The number of carbonyl (C=O) groups excluding carboxylic acids is 1. The summed E-state index contributed by atoms with van der Waals surface area (Å²) in [6, 6.07) is 12.1. The van der Waals surface area contributed by atoms with Crippen molar-refractivity contribution < 1.29 is 18.7 Å². The Bertz CT molecular complexity index is 1470. The lowest BCUT2D eigenvalue weighted by Gasteiger charge is -2.01. The van der Waals surface area contributed by atoms with Crippen LogP contribution in [0.2, 0.25) is 0 Å². The van der Waals surface area contributed by atoms with E-state index in [4.69, 9.17) is 20.3 Å². The Labute approximate surface area is 167 Å². The maximum absolute atomic E-state index is 12.8. The van der Waals surface area contributed by atoms with E-state index in [2.05, 4.69) is 10.9 Å².